The Balaban J connectivity index is 1.22. The molecule has 202 valence electrons. The van der Waals surface area contributed by atoms with Crippen molar-refractivity contribution in [2.24, 2.45) is 12.5 Å². The molecule has 0 saturated heterocycles. The molecule has 0 aliphatic heterocycles. The highest BCUT2D eigenvalue weighted by Crippen LogP contribution is 2.57. The highest BCUT2D eigenvalue weighted by atomic mass is 35.5. The summed E-state index contributed by atoms with van der Waals surface area (Å²) >= 11 is 12.1. The monoisotopic (exact) mass is 565 g/mol. The van der Waals surface area contributed by atoms with Crippen molar-refractivity contribution in [2.75, 3.05) is 6.54 Å². The Morgan fingerprint density at radius 2 is 1.68 bits per heavy atom. The van der Waals surface area contributed by atoms with Gasteiger partial charge in [-0.2, -0.15) is 13.2 Å². The fraction of sp³-hybridized carbons (Fsp3) is 0.444. The summed E-state index contributed by atoms with van der Waals surface area (Å²) in [5, 5.41) is 15.5. The molecule has 2 aromatic carbocycles. The van der Waals surface area contributed by atoms with Crippen LogP contribution >= 0.6 is 23.2 Å². The number of hydrogen-bond donors (Lipinski definition) is 2. The lowest BCUT2D eigenvalue weighted by Gasteiger charge is -2.52. The number of nitrogens with zero attached hydrogens (tertiary/aromatic N) is 3. The van der Waals surface area contributed by atoms with E-state index >= 15 is 0 Å². The van der Waals surface area contributed by atoms with Crippen LogP contribution in [0, 0.1) is 5.41 Å². The second kappa shape index (κ2) is 10.1. The Labute approximate surface area is 228 Å². The van der Waals surface area contributed by atoms with Gasteiger partial charge in [0, 0.05) is 41.2 Å². The summed E-state index contributed by atoms with van der Waals surface area (Å²) in [7, 11) is 1.75. The molecule has 2 bridgehead atoms. The molecule has 2 N–H and O–H groups in total. The maximum Gasteiger partial charge on any atom is 0.417 e. The largest absolute Gasteiger partial charge is 0.417 e. The van der Waals surface area contributed by atoms with Crippen LogP contribution in [-0.2, 0) is 25.2 Å². The van der Waals surface area contributed by atoms with Crippen LogP contribution < -0.4 is 10.6 Å². The van der Waals surface area contributed by atoms with Gasteiger partial charge in [-0.15, -0.1) is 10.2 Å². The number of carbonyl (C=O) groups is 1. The van der Waals surface area contributed by atoms with E-state index in [0.717, 1.165) is 56.0 Å². The zero-order chi connectivity index (χ0) is 27.1. The Bertz CT molecular complexity index is 1330. The second-order valence-corrected chi connectivity index (χ2v) is 11.3. The summed E-state index contributed by atoms with van der Waals surface area (Å²) in [5.74, 6) is 0.965. The van der Waals surface area contributed by atoms with Gasteiger partial charge in [-0.05, 0) is 67.7 Å². The van der Waals surface area contributed by atoms with Gasteiger partial charge < -0.3 is 15.2 Å². The van der Waals surface area contributed by atoms with Crippen LogP contribution in [0.4, 0.5) is 18.0 Å². The first-order valence-corrected chi connectivity index (χ1v) is 13.3. The lowest BCUT2D eigenvalue weighted by atomic mass is 9.53. The topological polar surface area (TPSA) is 71.8 Å². The first kappa shape index (κ1) is 26.8. The van der Waals surface area contributed by atoms with Gasteiger partial charge in [0.25, 0.3) is 0 Å². The molecule has 2 amide bonds. The molecular weight excluding hydrogens is 538 g/mol. The molecule has 38 heavy (non-hydrogen) atoms. The van der Waals surface area contributed by atoms with Crippen LogP contribution in [0.5, 0.6) is 0 Å². The van der Waals surface area contributed by atoms with Crippen LogP contribution in [0.15, 0.2) is 42.5 Å². The predicted molar refractivity (Wildman–Crippen MR) is 140 cm³/mol. The number of rotatable bonds is 6. The highest BCUT2D eigenvalue weighted by molar-refractivity contribution is 6.35. The number of nitrogens with one attached hydrogen (secondary N) is 2. The molecule has 6 rings (SSSR count). The number of halogens is 5. The van der Waals surface area contributed by atoms with E-state index in [1.807, 2.05) is 0 Å². The van der Waals surface area contributed by atoms with Gasteiger partial charge >= 0.3 is 12.2 Å². The predicted octanol–water partition coefficient (Wildman–Crippen LogP) is 6.90. The van der Waals surface area contributed by atoms with E-state index in [9.17, 15) is 18.0 Å². The van der Waals surface area contributed by atoms with Crippen LogP contribution in [0.3, 0.4) is 0 Å². The third-order valence-corrected chi connectivity index (χ3v) is 8.89. The zero-order valence-corrected chi connectivity index (χ0v) is 22.3. The maximum atomic E-state index is 13.6. The Hall–Kier alpha value is -2.78. The van der Waals surface area contributed by atoms with E-state index in [1.165, 1.54) is 12.1 Å². The Kier molecular flexibility index (Phi) is 7.11. The molecule has 3 aliphatic carbocycles. The number of hydrogen-bond acceptors (Lipinski definition) is 3. The summed E-state index contributed by atoms with van der Waals surface area (Å²) in [5.41, 5.74) is -0.114. The average molecular weight is 566 g/mol. The molecular formula is C27H28Cl2F3N5O. The average Bonchev–Trinajstić information content (AvgIpc) is 3.29. The molecule has 0 spiro atoms. The minimum atomic E-state index is -4.48. The van der Waals surface area contributed by atoms with E-state index < -0.39 is 11.7 Å². The van der Waals surface area contributed by atoms with Gasteiger partial charge in [0.15, 0.2) is 5.82 Å². The van der Waals surface area contributed by atoms with E-state index in [2.05, 4.69) is 20.8 Å². The lowest BCUT2D eigenvalue weighted by molar-refractivity contribution is -0.137. The van der Waals surface area contributed by atoms with Crippen molar-refractivity contribution < 1.29 is 18.0 Å². The van der Waals surface area contributed by atoms with Crippen LogP contribution in [-0.4, -0.2) is 27.3 Å². The van der Waals surface area contributed by atoms with Crippen LogP contribution in [0.1, 0.15) is 55.5 Å². The minimum absolute atomic E-state index is 0.00130. The molecule has 0 unspecified atom stereocenters. The normalized spacial score (nSPS) is 22.9. The van der Waals surface area contributed by atoms with Gasteiger partial charge in [-0.3, -0.25) is 0 Å². The van der Waals surface area contributed by atoms with Crippen molar-refractivity contribution in [1.29, 1.82) is 0 Å². The van der Waals surface area contributed by atoms with E-state index in [0.29, 0.717) is 23.1 Å². The molecule has 3 aromatic rings. The summed E-state index contributed by atoms with van der Waals surface area (Å²) < 4.78 is 42.6. The lowest BCUT2D eigenvalue weighted by Crippen LogP contribution is -2.51. The number of fused-ring (bicyclic) bond motifs is 3. The van der Waals surface area contributed by atoms with Crippen LogP contribution in [0.25, 0.3) is 11.4 Å². The minimum Gasteiger partial charge on any atom is -0.338 e. The SMILES string of the molecule is Cn1c(-c2ccccc2C(F)(F)F)nnc1C12CCC(CNC(=O)NCc3ccc(Cl)cc3Cl)(CC1)CC2. The first-order valence-electron chi connectivity index (χ1n) is 12.5. The van der Waals surface area contributed by atoms with E-state index in [1.54, 1.807) is 35.9 Å². The van der Waals surface area contributed by atoms with Gasteiger partial charge in [0.05, 0.1) is 5.56 Å². The number of amides is 2. The molecule has 3 saturated carbocycles. The fourth-order valence-corrected chi connectivity index (χ4v) is 6.46. The quantitative estimate of drug-likeness (QED) is 0.341. The highest BCUT2D eigenvalue weighted by Gasteiger charge is 2.51. The summed E-state index contributed by atoms with van der Waals surface area (Å²) in [4.78, 5) is 12.5. The van der Waals surface area contributed by atoms with Gasteiger partial charge in [-0.1, -0.05) is 47.5 Å². The standard InChI is InChI=1S/C27H28Cl2F3N5O/c1-37-22(19-4-2-3-5-20(19)27(30,31)32)35-36-23(37)26-11-8-25(9-12-26,10-13-26)16-34-24(38)33-15-17-6-7-18(28)14-21(17)29/h2-7,14H,8-13,15-16H2,1H3,(H2,33,34,38). The smallest absolute Gasteiger partial charge is 0.338 e. The fourth-order valence-electron chi connectivity index (χ4n) is 5.99. The molecule has 3 fully saturated rings. The number of aromatic nitrogens is 3. The molecule has 0 atom stereocenters. The summed E-state index contributed by atoms with van der Waals surface area (Å²) in [6.07, 6.45) is 0.778. The van der Waals surface area contributed by atoms with E-state index in [4.69, 9.17) is 23.2 Å². The molecule has 3 aliphatic rings. The third-order valence-electron chi connectivity index (χ3n) is 8.30. The van der Waals surface area contributed by atoms with Gasteiger partial charge in [0.2, 0.25) is 0 Å². The van der Waals surface area contributed by atoms with Crippen molar-refractivity contribution >= 4 is 29.2 Å². The third kappa shape index (κ3) is 5.10. The van der Waals surface area contributed by atoms with Crippen molar-refractivity contribution in [3.63, 3.8) is 0 Å². The maximum absolute atomic E-state index is 13.6. The van der Waals surface area contributed by atoms with Gasteiger partial charge in [-0.25, -0.2) is 4.79 Å². The number of carbonyl (C=O) groups excluding carboxylic acids is 1. The number of alkyl halides is 3. The van der Waals surface area contributed by atoms with Crippen molar-refractivity contribution in [3.05, 3.63) is 69.5 Å². The number of benzene rings is 2. The van der Waals surface area contributed by atoms with Crippen molar-refractivity contribution in [2.45, 2.75) is 56.7 Å². The van der Waals surface area contributed by atoms with Crippen molar-refractivity contribution in [3.8, 4) is 11.4 Å². The van der Waals surface area contributed by atoms with Crippen molar-refractivity contribution in [1.82, 2.24) is 25.4 Å². The molecule has 0 radical (unpaired) electrons. The van der Waals surface area contributed by atoms with Crippen LogP contribution in [0.2, 0.25) is 10.0 Å². The first-order chi connectivity index (χ1) is 18.0. The summed E-state index contributed by atoms with van der Waals surface area (Å²) in [6, 6.07) is 10.4. The Morgan fingerprint density at radius 1 is 1.00 bits per heavy atom. The molecule has 1 aromatic heterocycles. The molecule has 11 heteroatoms. The summed E-state index contributed by atoms with van der Waals surface area (Å²) in [6.45, 7) is 0.857. The molecule has 6 nitrogen and oxygen atoms in total. The zero-order valence-electron chi connectivity index (χ0n) is 20.8. The second-order valence-electron chi connectivity index (χ2n) is 10.5. The number of urea groups is 1. The molecule has 1 heterocycles. The Morgan fingerprint density at radius 3 is 2.34 bits per heavy atom. The van der Waals surface area contributed by atoms with Gasteiger partial charge in [0.1, 0.15) is 5.82 Å². The van der Waals surface area contributed by atoms with E-state index in [-0.39, 0.29) is 28.2 Å².